The first-order chi connectivity index (χ1) is 15.6. The van der Waals surface area contributed by atoms with Gasteiger partial charge in [0.25, 0.3) is 0 Å². The Morgan fingerprint density at radius 2 is 1.78 bits per heavy atom. The minimum atomic E-state index is -0.197. The molecule has 0 bridgehead atoms. The van der Waals surface area contributed by atoms with Crippen molar-refractivity contribution in [2.75, 3.05) is 17.2 Å². The van der Waals surface area contributed by atoms with E-state index in [4.69, 9.17) is 4.74 Å². The number of carbonyl (C=O) groups excluding carboxylic acids is 1. The van der Waals surface area contributed by atoms with Gasteiger partial charge in [-0.1, -0.05) is 44.2 Å². The number of ether oxygens (including phenoxy) is 1. The van der Waals surface area contributed by atoms with E-state index in [1.54, 1.807) is 11.3 Å². The zero-order valence-corrected chi connectivity index (χ0v) is 19.2. The number of carbonyl (C=O) groups is 1. The summed E-state index contributed by atoms with van der Waals surface area (Å²) in [5.41, 5.74) is 4.97. The van der Waals surface area contributed by atoms with Crippen molar-refractivity contribution < 1.29 is 9.53 Å². The van der Waals surface area contributed by atoms with Gasteiger partial charge in [-0.2, -0.15) is 0 Å². The van der Waals surface area contributed by atoms with Gasteiger partial charge in [-0.25, -0.2) is 0 Å². The summed E-state index contributed by atoms with van der Waals surface area (Å²) in [4.78, 5) is 14.8. The van der Waals surface area contributed by atoms with Crippen LogP contribution in [-0.4, -0.2) is 12.4 Å². The molecular formula is C27H28N2O2S. The summed E-state index contributed by atoms with van der Waals surface area (Å²) in [6, 6.07) is 20.3. The molecule has 2 aromatic carbocycles. The number of Topliss-reactive ketones (excluding diaryl/α,β-unsaturated/α-hetero) is 1. The Bertz CT molecular complexity index is 1130. The van der Waals surface area contributed by atoms with Crippen molar-refractivity contribution in [2.45, 2.75) is 38.6 Å². The highest BCUT2D eigenvalue weighted by atomic mass is 32.1. The molecule has 0 amide bonds. The van der Waals surface area contributed by atoms with E-state index >= 15 is 0 Å². The van der Waals surface area contributed by atoms with Crippen molar-refractivity contribution in [1.82, 2.24) is 0 Å². The number of fused-ring (bicyclic) bond motifs is 1. The molecule has 4 nitrogen and oxygen atoms in total. The molecule has 1 aliphatic heterocycles. The maximum absolute atomic E-state index is 13.5. The van der Waals surface area contributed by atoms with E-state index < -0.39 is 0 Å². The molecule has 0 saturated heterocycles. The highest BCUT2D eigenvalue weighted by Crippen LogP contribution is 2.45. The van der Waals surface area contributed by atoms with Gasteiger partial charge < -0.3 is 15.4 Å². The Labute approximate surface area is 193 Å². The zero-order valence-electron chi connectivity index (χ0n) is 18.4. The van der Waals surface area contributed by atoms with Crippen LogP contribution in [0.1, 0.15) is 49.1 Å². The van der Waals surface area contributed by atoms with Gasteiger partial charge in [-0.15, -0.1) is 11.3 Å². The second kappa shape index (κ2) is 8.83. The number of thiophene rings is 1. The first-order valence-electron chi connectivity index (χ1n) is 11.2. The number of benzene rings is 2. The van der Waals surface area contributed by atoms with E-state index in [-0.39, 0.29) is 17.7 Å². The monoisotopic (exact) mass is 444 g/mol. The third kappa shape index (κ3) is 4.17. The molecule has 1 aliphatic carbocycles. The van der Waals surface area contributed by atoms with Crippen LogP contribution in [0.3, 0.4) is 0 Å². The highest BCUT2D eigenvalue weighted by Gasteiger charge is 2.36. The fourth-order valence-electron chi connectivity index (χ4n) is 4.49. The molecule has 5 rings (SSSR count). The van der Waals surface area contributed by atoms with Crippen LogP contribution < -0.4 is 15.4 Å². The average Bonchev–Trinajstić information content (AvgIpc) is 3.27. The topological polar surface area (TPSA) is 50.4 Å². The first kappa shape index (κ1) is 20.8. The minimum absolute atomic E-state index is 0.197. The number of rotatable bonds is 5. The molecule has 0 saturated carbocycles. The van der Waals surface area contributed by atoms with Gasteiger partial charge in [0.1, 0.15) is 5.75 Å². The number of allylic oxidation sites excluding steroid dienone is 1. The smallest absolute Gasteiger partial charge is 0.163 e. The lowest BCUT2D eigenvalue weighted by molar-refractivity contribution is -0.116. The summed E-state index contributed by atoms with van der Waals surface area (Å²) < 4.78 is 5.86. The lowest BCUT2D eigenvalue weighted by Gasteiger charge is -2.29. The molecule has 2 heterocycles. The summed E-state index contributed by atoms with van der Waals surface area (Å²) in [6.45, 7) is 4.97. The number of hydrogen-bond acceptors (Lipinski definition) is 5. The fourth-order valence-corrected chi connectivity index (χ4v) is 5.32. The quantitative estimate of drug-likeness (QED) is 0.456. The van der Waals surface area contributed by atoms with Crippen molar-refractivity contribution in [2.24, 2.45) is 5.92 Å². The van der Waals surface area contributed by atoms with E-state index in [9.17, 15) is 4.79 Å². The number of nitrogens with one attached hydrogen (secondary N) is 2. The molecule has 1 aromatic heterocycles. The first-order valence-corrected chi connectivity index (χ1v) is 12.1. The highest BCUT2D eigenvalue weighted by molar-refractivity contribution is 7.10. The Kier molecular flexibility index (Phi) is 5.75. The SMILES string of the molecule is CC(C)COc1ccc(C2Nc3ccccc3NC3=C2C(=O)CC(c2cccs2)C3)cc1. The molecule has 2 unspecified atom stereocenters. The molecule has 2 N–H and O–H groups in total. The molecule has 0 spiro atoms. The van der Waals surface area contributed by atoms with Gasteiger partial charge in [0.15, 0.2) is 5.78 Å². The standard InChI is InChI=1S/C27H28N2O2S/c1-17(2)16-31-20-11-9-18(10-12-20)27-26-23(28-21-6-3-4-7-22(21)29-27)14-19(15-24(26)30)25-8-5-13-32-25/h3-13,17,19,27-29H,14-16H2,1-2H3. The van der Waals surface area contributed by atoms with Gasteiger partial charge in [-0.3, -0.25) is 4.79 Å². The average molecular weight is 445 g/mol. The lowest BCUT2D eigenvalue weighted by atomic mass is 9.81. The molecule has 0 radical (unpaired) electrons. The summed E-state index contributed by atoms with van der Waals surface area (Å²) in [5.74, 6) is 1.77. The summed E-state index contributed by atoms with van der Waals surface area (Å²) in [5, 5.41) is 9.34. The summed E-state index contributed by atoms with van der Waals surface area (Å²) in [6.07, 6.45) is 1.38. The number of ketones is 1. The van der Waals surface area contributed by atoms with Crippen LogP contribution in [0.2, 0.25) is 0 Å². The van der Waals surface area contributed by atoms with Crippen molar-refractivity contribution >= 4 is 28.5 Å². The van der Waals surface area contributed by atoms with Crippen LogP contribution >= 0.6 is 11.3 Å². The van der Waals surface area contributed by atoms with Crippen LogP contribution in [0, 0.1) is 5.92 Å². The largest absolute Gasteiger partial charge is 0.493 e. The van der Waals surface area contributed by atoms with Gasteiger partial charge >= 0.3 is 0 Å². The van der Waals surface area contributed by atoms with Crippen molar-refractivity contribution in [3.05, 3.63) is 87.8 Å². The fraction of sp³-hybridized carbons (Fsp3) is 0.296. The van der Waals surface area contributed by atoms with Gasteiger partial charge in [0.2, 0.25) is 0 Å². The molecule has 164 valence electrons. The summed E-state index contributed by atoms with van der Waals surface area (Å²) in [7, 11) is 0. The minimum Gasteiger partial charge on any atom is -0.493 e. The Hall–Kier alpha value is -3.05. The van der Waals surface area contributed by atoms with Crippen LogP contribution in [-0.2, 0) is 4.79 Å². The predicted molar refractivity (Wildman–Crippen MR) is 132 cm³/mol. The molecule has 2 atom stereocenters. The number of para-hydroxylation sites is 2. The molecular weight excluding hydrogens is 416 g/mol. The van der Waals surface area contributed by atoms with E-state index in [2.05, 4.69) is 66.3 Å². The second-order valence-electron chi connectivity index (χ2n) is 8.96. The summed E-state index contributed by atoms with van der Waals surface area (Å²) >= 11 is 1.73. The second-order valence-corrected chi connectivity index (χ2v) is 9.94. The Morgan fingerprint density at radius 1 is 1.00 bits per heavy atom. The molecule has 5 heteroatoms. The zero-order chi connectivity index (χ0) is 22.1. The van der Waals surface area contributed by atoms with E-state index in [1.807, 2.05) is 24.3 Å². The van der Waals surface area contributed by atoms with Gasteiger partial charge in [0, 0.05) is 28.5 Å². The molecule has 3 aromatic rings. The van der Waals surface area contributed by atoms with E-state index in [1.165, 1.54) is 4.88 Å². The van der Waals surface area contributed by atoms with Gasteiger partial charge in [-0.05, 0) is 53.6 Å². The molecule has 32 heavy (non-hydrogen) atoms. The normalized spacial score (nSPS) is 20.2. The number of anilines is 2. The van der Waals surface area contributed by atoms with Crippen molar-refractivity contribution in [3.63, 3.8) is 0 Å². The lowest BCUT2D eigenvalue weighted by Crippen LogP contribution is -2.26. The van der Waals surface area contributed by atoms with Crippen LogP contribution in [0.5, 0.6) is 5.75 Å². The van der Waals surface area contributed by atoms with Crippen LogP contribution in [0.15, 0.2) is 77.3 Å². The van der Waals surface area contributed by atoms with Gasteiger partial charge in [0.05, 0.1) is 24.0 Å². The van der Waals surface area contributed by atoms with E-state index in [0.29, 0.717) is 18.9 Å². The Balaban J connectivity index is 1.52. The third-order valence-electron chi connectivity index (χ3n) is 6.05. The maximum atomic E-state index is 13.5. The van der Waals surface area contributed by atoms with E-state index in [0.717, 1.165) is 40.4 Å². The van der Waals surface area contributed by atoms with Crippen molar-refractivity contribution in [3.8, 4) is 5.75 Å². The third-order valence-corrected chi connectivity index (χ3v) is 7.09. The maximum Gasteiger partial charge on any atom is 0.163 e. The predicted octanol–water partition coefficient (Wildman–Crippen LogP) is 6.76. The number of hydrogen-bond donors (Lipinski definition) is 2. The van der Waals surface area contributed by atoms with Crippen LogP contribution in [0.4, 0.5) is 11.4 Å². The van der Waals surface area contributed by atoms with Crippen molar-refractivity contribution in [1.29, 1.82) is 0 Å². The Morgan fingerprint density at radius 3 is 2.50 bits per heavy atom. The molecule has 2 aliphatic rings. The molecule has 0 fully saturated rings. The van der Waals surface area contributed by atoms with Crippen LogP contribution in [0.25, 0.3) is 0 Å².